The molecule has 0 radical (unpaired) electrons. The highest BCUT2D eigenvalue weighted by Gasteiger charge is 2.23. The van der Waals surface area contributed by atoms with Crippen molar-refractivity contribution in [2.24, 2.45) is 4.99 Å². The number of nitrogens with zero attached hydrogens (tertiary/aromatic N) is 3. The number of nitrogens with one attached hydrogen (secondary N) is 1. The molecule has 0 saturated heterocycles. The van der Waals surface area contributed by atoms with Gasteiger partial charge in [0.1, 0.15) is 5.84 Å². The van der Waals surface area contributed by atoms with Crippen LogP contribution in [0.4, 0.5) is 0 Å². The van der Waals surface area contributed by atoms with Crippen molar-refractivity contribution >= 4 is 32.5 Å². The second-order valence-corrected chi connectivity index (χ2v) is 10.8. The minimum absolute atomic E-state index is 0.0158. The molecule has 0 aromatic heterocycles. The van der Waals surface area contributed by atoms with Crippen molar-refractivity contribution in [2.75, 3.05) is 40.3 Å². The number of carbonyl (C=O) groups is 1. The molecule has 35 heavy (non-hydrogen) atoms. The van der Waals surface area contributed by atoms with Gasteiger partial charge in [-0.25, -0.2) is 12.7 Å². The Morgan fingerprint density at radius 2 is 1.71 bits per heavy atom. The highest BCUT2D eigenvalue weighted by atomic mass is 32.2. The second-order valence-electron chi connectivity index (χ2n) is 8.83. The standard InChI is InChI=1S/C27H32N4O3S/c1-30(20-16-21-12-14-23(15-13-21)27-28-17-18-29-27)26(32)11-6-19-31(2)35(33,34)25-10-5-8-22-7-3-4-9-24(22)25/h3-5,7-10,12-15H,6,11,16-20H2,1-2H3,(H,28,29). The van der Waals surface area contributed by atoms with Crippen molar-refractivity contribution in [1.29, 1.82) is 0 Å². The van der Waals surface area contributed by atoms with E-state index in [4.69, 9.17) is 0 Å². The van der Waals surface area contributed by atoms with Gasteiger partial charge >= 0.3 is 0 Å². The molecule has 1 aliphatic heterocycles. The summed E-state index contributed by atoms with van der Waals surface area (Å²) in [5.74, 6) is 0.957. The van der Waals surface area contributed by atoms with Crippen LogP contribution in [-0.2, 0) is 21.2 Å². The largest absolute Gasteiger partial charge is 0.368 e. The quantitative estimate of drug-likeness (QED) is 0.471. The summed E-state index contributed by atoms with van der Waals surface area (Å²) in [5, 5.41) is 4.86. The number of fused-ring (bicyclic) bond motifs is 1. The minimum Gasteiger partial charge on any atom is -0.368 e. The maximum atomic E-state index is 13.1. The Hall–Kier alpha value is -3.23. The molecule has 1 amide bonds. The fourth-order valence-corrected chi connectivity index (χ4v) is 5.61. The molecule has 0 unspecified atom stereocenters. The summed E-state index contributed by atoms with van der Waals surface area (Å²) in [6.45, 7) is 2.59. The predicted molar refractivity (Wildman–Crippen MR) is 140 cm³/mol. The molecule has 3 aromatic rings. The zero-order chi connectivity index (χ0) is 24.8. The molecule has 8 heteroatoms. The van der Waals surface area contributed by atoms with E-state index in [-0.39, 0.29) is 12.5 Å². The van der Waals surface area contributed by atoms with Crippen LogP contribution in [0.25, 0.3) is 10.8 Å². The lowest BCUT2D eigenvalue weighted by atomic mass is 10.1. The molecule has 0 atom stereocenters. The molecular formula is C27H32N4O3S. The molecule has 3 aromatic carbocycles. The van der Waals surface area contributed by atoms with E-state index in [1.807, 2.05) is 30.3 Å². The van der Waals surface area contributed by atoms with Gasteiger partial charge in [-0.1, -0.05) is 60.7 Å². The van der Waals surface area contributed by atoms with Crippen molar-refractivity contribution in [1.82, 2.24) is 14.5 Å². The Kier molecular flexibility index (Phi) is 7.83. The molecular weight excluding hydrogens is 460 g/mol. The van der Waals surface area contributed by atoms with Crippen LogP contribution in [0.2, 0.25) is 0 Å². The Morgan fingerprint density at radius 1 is 0.971 bits per heavy atom. The van der Waals surface area contributed by atoms with Crippen molar-refractivity contribution in [2.45, 2.75) is 24.2 Å². The van der Waals surface area contributed by atoms with Gasteiger partial charge in [0.05, 0.1) is 11.4 Å². The summed E-state index contributed by atoms with van der Waals surface area (Å²) in [5.41, 5.74) is 2.24. The van der Waals surface area contributed by atoms with E-state index >= 15 is 0 Å². The number of amidine groups is 1. The van der Waals surface area contributed by atoms with E-state index in [1.165, 1.54) is 4.31 Å². The highest BCUT2D eigenvalue weighted by Crippen LogP contribution is 2.25. The van der Waals surface area contributed by atoms with Gasteiger partial charge in [0.2, 0.25) is 15.9 Å². The summed E-state index contributed by atoms with van der Waals surface area (Å²) < 4.78 is 27.6. The Labute approximate surface area is 207 Å². The van der Waals surface area contributed by atoms with E-state index in [0.717, 1.165) is 41.9 Å². The Balaban J connectivity index is 1.25. The third kappa shape index (κ3) is 5.89. The van der Waals surface area contributed by atoms with Crippen LogP contribution in [-0.4, -0.2) is 69.6 Å². The molecule has 7 nitrogen and oxygen atoms in total. The zero-order valence-corrected chi connectivity index (χ0v) is 21.1. The van der Waals surface area contributed by atoms with Gasteiger partial charge in [-0.05, 0) is 29.9 Å². The summed E-state index contributed by atoms with van der Waals surface area (Å²) >= 11 is 0. The lowest BCUT2D eigenvalue weighted by molar-refractivity contribution is -0.130. The third-order valence-electron chi connectivity index (χ3n) is 6.36. The van der Waals surface area contributed by atoms with Crippen molar-refractivity contribution in [3.05, 3.63) is 77.9 Å². The average molecular weight is 493 g/mol. The molecule has 1 N–H and O–H groups in total. The first-order valence-electron chi connectivity index (χ1n) is 11.9. The topological polar surface area (TPSA) is 82.1 Å². The number of amides is 1. The molecule has 0 aliphatic carbocycles. The number of hydrogen-bond donors (Lipinski definition) is 1. The van der Waals surface area contributed by atoms with Crippen LogP contribution in [0.3, 0.4) is 0 Å². The first kappa shape index (κ1) is 24.9. The first-order valence-corrected chi connectivity index (χ1v) is 13.4. The molecule has 184 valence electrons. The number of sulfonamides is 1. The van der Waals surface area contributed by atoms with Crippen molar-refractivity contribution in [3.8, 4) is 0 Å². The molecule has 4 rings (SSSR count). The number of aliphatic imine (C=N–C) groups is 1. The number of rotatable bonds is 10. The summed E-state index contributed by atoms with van der Waals surface area (Å²) in [6.07, 6.45) is 1.53. The fourth-order valence-electron chi connectivity index (χ4n) is 4.19. The van der Waals surface area contributed by atoms with Gasteiger partial charge in [0, 0.05) is 51.1 Å². The van der Waals surface area contributed by atoms with Crippen LogP contribution in [0, 0.1) is 0 Å². The fraction of sp³-hybridized carbons (Fsp3) is 0.333. The number of benzene rings is 3. The van der Waals surface area contributed by atoms with E-state index < -0.39 is 10.0 Å². The SMILES string of the molecule is CN(CCc1ccc(C2=NCCN2)cc1)C(=O)CCCN(C)S(=O)(=O)c1cccc2ccccc12. The lowest BCUT2D eigenvalue weighted by Crippen LogP contribution is -2.31. The van der Waals surface area contributed by atoms with Gasteiger partial charge in [0.25, 0.3) is 0 Å². The zero-order valence-electron chi connectivity index (χ0n) is 20.3. The smallest absolute Gasteiger partial charge is 0.243 e. The third-order valence-corrected chi connectivity index (χ3v) is 8.28. The molecule has 1 heterocycles. The van der Waals surface area contributed by atoms with Crippen LogP contribution in [0.5, 0.6) is 0 Å². The summed E-state index contributed by atoms with van der Waals surface area (Å²) in [4.78, 5) is 19.0. The lowest BCUT2D eigenvalue weighted by Gasteiger charge is -2.20. The first-order chi connectivity index (χ1) is 16.9. The number of hydrogen-bond acceptors (Lipinski definition) is 5. The van der Waals surface area contributed by atoms with Gasteiger partial charge in [-0.3, -0.25) is 9.79 Å². The number of carbonyl (C=O) groups excluding carboxylic acids is 1. The monoisotopic (exact) mass is 492 g/mol. The average Bonchev–Trinajstić information content (AvgIpc) is 3.42. The van der Waals surface area contributed by atoms with E-state index in [0.29, 0.717) is 29.7 Å². The molecule has 0 bridgehead atoms. The van der Waals surface area contributed by atoms with Crippen LogP contribution in [0.15, 0.2) is 76.6 Å². The maximum absolute atomic E-state index is 13.1. The van der Waals surface area contributed by atoms with Gasteiger partial charge in [0.15, 0.2) is 0 Å². The Morgan fingerprint density at radius 3 is 2.46 bits per heavy atom. The van der Waals surface area contributed by atoms with E-state index in [9.17, 15) is 13.2 Å². The van der Waals surface area contributed by atoms with Crippen LogP contribution < -0.4 is 5.32 Å². The van der Waals surface area contributed by atoms with Crippen LogP contribution >= 0.6 is 0 Å². The Bertz CT molecular complexity index is 1310. The van der Waals surface area contributed by atoms with Crippen molar-refractivity contribution in [3.63, 3.8) is 0 Å². The maximum Gasteiger partial charge on any atom is 0.243 e. The number of likely N-dealkylation sites (N-methyl/N-ethyl adjacent to an activating group) is 1. The van der Waals surface area contributed by atoms with Gasteiger partial charge < -0.3 is 10.2 Å². The van der Waals surface area contributed by atoms with Gasteiger partial charge in [-0.2, -0.15) is 0 Å². The normalized spacial score (nSPS) is 13.6. The van der Waals surface area contributed by atoms with Crippen molar-refractivity contribution < 1.29 is 13.2 Å². The molecule has 1 aliphatic rings. The van der Waals surface area contributed by atoms with Crippen LogP contribution in [0.1, 0.15) is 24.0 Å². The minimum atomic E-state index is -3.64. The molecule has 0 fully saturated rings. The predicted octanol–water partition coefficient (Wildman–Crippen LogP) is 3.29. The van der Waals surface area contributed by atoms with E-state index in [2.05, 4.69) is 34.6 Å². The van der Waals surface area contributed by atoms with Gasteiger partial charge in [-0.15, -0.1) is 0 Å². The second kappa shape index (κ2) is 11.0. The summed E-state index contributed by atoms with van der Waals surface area (Å²) in [7, 11) is -0.277. The highest BCUT2D eigenvalue weighted by molar-refractivity contribution is 7.89. The molecule has 0 spiro atoms. The summed E-state index contributed by atoms with van der Waals surface area (Å²) in [6, 6.07) is 21.0. The van der Waals surface area contributed by atoms with E-state index in [1.54, 1.807) is 31.1 Å². The molecule has 0 saturated carbocycles.